The van der Waals surface area contributed by atoms with Gasteiger partial charge >= 0.3 is 5.69 Å². The van der Waals surface area contributed by atoms with Crippen LogP contribution in [-0.2, 0) is 16.4 Å². The van der Waals surface area contributed by atoms with Crippen molar-refractivity contribution < 1.29 is 13.2 Å². The number of likely N-dealkylation sites (N-methyl/N-ethyl adjacent to an activating group) is 1. The first-order chi connectivity index (χ1) is 11.9. The van der Waals surface area contributed by atoms with Crippen molar-refractivity contribution in [1.29, 1.82) is 0 Å². The van der Waals surface area contributed by atoms with E-state index in [-0.39, 0.29) is 10.6 Å². The smallest absolute Gasteiger partial charge is 0.323 e. The second-order valence-electron chi connectivity index (χ2n) is 5.67. The maximum absolute atomic E-state index is 12.8. The summed E-state index contributed by atoms with van der Waals surface area (Å²) in [6.07, 6.45) is 0.531. The first-order valence-corrected chi connectivity index (χ1v) is 9.16. The molecule has 1 aromatic heterocycles. The van der Waals surface area contributed by atoms with E-state index in [9.17, 15) is 13.2 Å². The number of aromatic nitrogens is 2. The van der Waals surface area contributed by atoms with Gasteiger partial charge in [0.1, 0.15) is 5.75 Å². The van der Waals surface area contributed by atoms with E-state index in [1.54, 1.807) is 13.2 Å². The summed E-state index contributed by atoms with van der Waals surface area (Å²) >= 11 is 0. The summed E-state index contributed by atoms with van der Waals surface area (Å²) in [5.74, 6) is 0.736. The van der Waals surface area contributed by atoms with Crippen LogP contribution >= 0.6 is 0 Å². The van der Waals surface area contributed by atoms with Gasteiger partial charge in [-0.2, -0.15) is 0 Å². The molecule has 0 unspecified atom stereocenters. The van der Waals surface area contributed by atoms with Crippen LogP contribution in [0.25, 0.3) is 11.0 Å². The highest BCUT2D eigenvalue weighted by atomic mass is 32.2. The number of fused-ring (bicyclic) bond motifs is 1. The predicted molar refractivity (Wildman–Crippen MR) is 95.4 cm³/mol. The number of imidazole rings is 1. The van der Waals surface area contributed by atoms with Gasteiger partial charge in [-0.1, -0.05) is 18.2 Å². The Labute approximate surface area is 145 Å². The number of aromatic amines is 2. The molecule has 0 amide bonds. The Kier molecular flexibility index (Phi) is 4.65. The SMILES string of the molecule is COc1ccccc1CCN(C)S(=O)(=O)c1ccc2[nH]c(=O)[nH]c2c1. The molecule has 132 valence electrons. The van der Waals surface area contributed by atoms with Gasteiger partial charge in [-0.15, -0.1) is 0 Å². The van der Waals surface area contributed by atoms with Crippen LogP contribution in [-0.4, -0.2) is 43.4 Å². The Hall–Kier alpha value is -2.58. The molecule has 0 bridgehead atoms. The molecule has 0 atom stereocenters. The zero-order valence-corrected chi connectivity index (χ0v) is 14.8. The minimum atomic E-state index is -3.65. The second-order valence-corrected chi connectivity index (χ2v) is 7.72. The fourth-order valence-corrected chi connectivity index (χ4v) is 3.86. The average molecular weight is 361 g/mol. The number of methoxy groups -OCH3 is 1. The number of rotatable bonds is 6. The highest BCUT2D eigenvalue weighted by Gasteiger charge is 2.21. The van der Waals surface area contributed by atoms with Crippen molar-refractivity contribution in [3.8, 4) is 5.75 Å². The third kappa shape index (κ3) is 3.45. The Morgan fingerprint density at radius 2 is 1.80 bits per heavy atom. The number of nitrogens with one attached hydrogen (secondary N) is 2. The molecule has 0 saturated carbocycles. The van der Waals surface area contributed by atoms with Crippen molar-refractivity contribution in [2.75, 3.05) is 20.7 Å². The molecule has 0 spiro atoms. The monoisotopic (exact) mass is 361 g/mol. The Bertz CT molecular complexity index is 1050. The van der Waals surface area contributed by atoms with Crippen LogP contribution in [0.5, 0.6) is 5.75 Å². The number of para-hydroxylation sites is 1. The summed E-state index contributed by atoms with van der Waals surface area (Å²) in [6.45, 7) is 0.310. The number of benzene rings is 2. The van der Waals surface area contributed by atoms with Gasteiger partial charge < -0.3 is 14.7 Å². The lowest BCUT2D eigenvalue weighted by atomic mass is 10.1. The fourth-order valence-electron chi connectivity index (χ4n) is 2.66. The van der Waals surface area contributed by atoms with Gasteiger partial charge in [-0.25, -0.2) is 17.5 Å². The van der Waals surface area contributed by atoms with E-state index >= 15 is 0 Å². The van der Waals surface area contributed by atoms with Crippen LogP contribution in [0.2, 0.25) is 0 Å². The Morgan fingerprint density at radius 1 is 1.08 bits per heavy atom. The van der Waals surface area contributed by atoms with Crippen LogP contribution < -0.4 is 10.4 Å². The van der Waals surface area contributed by atoms with Crippen molar-refractivity contribution in [2.24, 2.45) is 0 Å². The van der Waals surface area contributed by atoms with Crippen LogP contribution in [0.3, 0.4) is 0 Å². The summed E-state index contributed by atoms with van der Waals surface area (Å²) in [5, 5.41) is 0. The molecular formula is C17H19N3O4S. The van der Waals surface area contributed by atoms with Crippen molar-refractivity contribution in [3.63, 3.8) is 0 Å². The molecule has 1 heterocycles. The van der Waals surface area contributed by atoms with E-state index in [0.717, 1.165) is 11.3 Å². The summed E-state index contributed by atoms with van der Waals surface area (Å²) in [6, 6.07) is 12.0. The largest absolute Gasteiger partial charge is 0.496 e. The van der Waals surface area contributed by atoms with Crippen LogP contribution in [0.15, 0.2) is 52.2 Å². The molecule has 2 aromatic carbocycles. The molecule has 3 rings (SSSR count). The molecule has 0 aliphatic rings. The number of nitrogens with zero attached hydrogens (tertiary/aromatic N) is 1. The molecule has 2 N–H and O–H groups in total. The number of sulfonamides is 1. The predicted octanol–water partition coefficient (Wildman–Crippen LogP) is 1.73. The maximum Gasteiger partial charge on any atom is 0.323 e. The molecule has 0 fully saturated rings. The fraction of sp³-hybridized carbons (Fsp3) is 0.235. The summed E-state index contributed by atoms with van der Waals surface area (Å²) < 4.78 is 32.1. The minimum absolute atomic E-state index is 0.137. The van der Waals surface area contributed by atoms with Gasteiger partial charge in [0.15, 0.2) is 0 Å². The van der Waals surface area contributed by atoms with Gasteiger partial charge in [0.25, 0.3) is 0 Å². The normalized spacial score (nSPS) is 12.0. The lowest BCUT2D eigenvalue weighted by Crippen LogP contribution is -2.29. The van der Waals surface area contributed by atoms with Gasteiger partial charge in [0.05, 0.1) is 23.0 Å². The zero-order valence-electron chi connectivity index (χ0n) is 13.9. The number of hydrogen-bond donors (Lipinski definition) is 2. The standard InChI is InChI=1S/C17H19N3O4S/c1-20(10-9-12-5-3-4-6-16(12)24-2)25(22,23)13-7-8-14-15(11-13)19-17(21)18-14/h3-8,11H,9-10H2,1-2H3,(H2,18,19,21). The quantitative estimate of drug-likeness (QED) is 0.699. The highest BCUT2D eigenvalue weighted by molar-refractivity contribution is 7.89. The van der Waals surface area contributed by atoms with E-state index < -0.39 is 10.0 Å². The van der Waals surface area contributed by atoms with E-state index in [4.69, 9.17) is 4.74 Å². The molecule has 0 aliphatic heterocycles. The van der Waals surface area contributed by atoms with Gasteiger partial charge in [-0.3, -0.25) is 0 Å². The van der Waals surface area contributed by atoms with Crippen LogP contribution in [0, 0.1) is 0 Å². The molecule has 3 aromatic rings. The minimum Gasteiger partial charge on any atom is -0.496 e. The van der Waals surface area contributed by atoms with Crippen molar-refractivity contribution in [1.82, 2.24) is 14.3 Å². The molecule has 0 radical (unpaired) electrons. The second kappa shape index (κ2) is 6.73. The molecular weight excluding hydrogens is 342 g/mol. The molecule has 8 heteroatoms. The van der Waals surface area contributed by atoms with Crippen molar-refractivity contribution in [3.05, 3.63) is 58.5 Å². The number of ether oxygens (including phenoxy) is 1. The lowest BCUT2D eigenvalue weighted by molar-refractivity contribution is 0.406. The van der Waals surface area contributed by atoms with Crippen molar-refractivity contribution >= 4 is 21.1 Å². The van der Waals surface area contributed by atoms with Gasteiger partial charge in [0, 0.05) is 13.6 Å². The topological polar surface area (TPSA) is 95.3 Å². The summed E-state index contributed by atoms with van der Waals surface area (Å²) in [4.78, 5) is 16.6. The summed E-state index contributed by atoms with van der Waals surface area (Å²) in [5.41, 5.74) is 1.61. The average Bonchev–Trinajstić information content (AvgIpc) is 2.98. The number of H-pyrrole nitrogens is 2. The van der Waals surface area contributed by atoms with Crippen molar-refractivity contribution in [2.45, 2.75) is 11.3 Å². The molecule has 0 aliphatic carbocycles. The Balaban J connectivity index is 1.81. The van der Waals surface area contributed by atoms with E-state index in [0.29, 0.717) is 24.0 Å². The van der Waals surface area contributed by atoms with E-state index in [2.05, 4.69) is 9.97 Å². The van der Waals surface area contributed by atoms with Crippen LogP contribution in [0.4, 0.5) is 0 Å². The van der Waals surface area contributed by atoms with Crippen LogP contribution in [0.1, 0.15) is 5.56 Å². The molecule has 25 heavy (non-hydrogen) atoms. The molecule has 0 saturated heterocycles. The molecule has 7 nitrogen and oxygen atoms in total. The first-order valence-electron chi connectivity index (χ1n) is 7.72. The maximum atomic E-state index is 12.8. The zero-order chi connectivity index (χ0) is 18.0. The Morgan fingerprint density at radius 3 is 2.56 bits per heavy atom. The highest BCUT2D eigenvalue weighted by Crippen LogP contribution is 2.21. The first kappa shape index (κ1) is 17.2. The third-order valence-electron chi connectivity index (χ3n) is 4.08. The van der Waals surface area contributed by atoms with Gasteiger partial charge in [-0.05, 0) is 36.2 Å². The van der Waals surface area contributed by atoms with E-state index in [1.165, 1.54) is 23.5 Å². The van der Waals surface area contributed by atoms with Gasteiger partial charge in [0.2, 0.25) is 10.0 Å². The summed E-state index contributed by atoms with van der Waals surface area (Å²) in [7, 11) is -0.528. The lowest BCUT2D eigenvalue weighted by Gasteiger charge is -2.18. The van der Waals surface area contributed by atoms with E-state index in [1.807, 2.05) is 24.3 Å². The third-order valence-corrected chi connectivity index (χ3v) is 5.94. The number of hydrogen-bond acceptors (Lipinski definition) is 4.